The Hall–Kier alpha value is -3.81. The first-order chi connectivity index (χ1) is 13.1. The molecule has 0 saturated carbocycles. The molecule has 0 unspecified atom stereocenters. The van der Waals surface area contributed by atoms with E-state index in [1.54, 1.807) is 12.1 Å². The van der Waals surface area contributed by atoms with Crippen molar-refractivity contribution in [2.45, 2.75) is 6.54 Å². The monoisotopic (exact) mass is 364 g/mol. The Morgan fingerprint density at radius 1 is 1.04 bits per heavy atom. The highest BCUT2D eigenvalue weighted by Gasteiger charge is 2.18. The lowest BCUT2D eigenvalue weighted by atomic mass is 10.1. The predicted molar refractivity (Wildman–Crippen MR) is 99.4 cm³/mol. The largest absolute Gasteiger partial charge is 0.350 e. The first kappa shape index (κ1) is 18.0. The van der Waals surface area contributed by atoms with Gasteiger partial charge >= 0.3 is 0 Å². The second-order valence-corrected chi connectivity index (χ2v) is 5.68. The molecule has 0 radical (unpaired) electrons. The van der Waals surface area contributed by atoms with Crippen LogP contribution in [0.15, 0.2) is 71.5 Å². The van der Waals surface area contributed by atoms with E-state index in [-0.39, 0.29) is 29.9 Å². The van der Waals surface area contributed by atoms with E-state index in [2.05, 4.69) is 10.4 Å². The van der Waals surface area contributed by atoms with Crippen LogP contribution in [0.1, 0.15) is 10.4 Å². The molecule has 3 aromatic rings. The number of nitrogens with zero attached hydrogens (tertiary/aromatic N) is 3. The molecule has 1 amide bonds. The Bertz CT molecular complexity index is 1030. The molecule has 8 heteroatoms. The number of nitro groups is 1. The van der Waals surface area contributed by atoms with Crippen molar-refractivity contribution < 1.29 is 9.72 Å². The molecule has 3 rings (SSSR count). The molecule has 0 atom stereocenters. The van der Waals surface area contributed by atoms with Gasteiger partial charge in [0.2, 0.25) is 0 Å². The number of hydrogen-bond acceptors (Lipinski definition) is 5. The fraction of sp³-hybridized carbons (Fsp3) is 0.105. The van der Waals surface area contributed by atoms with Gasteiger partial charge in [-0.05, 0) is 12.1 Å². The van der Waals surface area contributed by atoms with Crippen molar-refractivity contribution in [3.8, 4) is 11.3 Å². The summed E-state index contributed by atoms with van der Waals surface area (Å²) in [5, 5.41) is 17.9. The smallest absolute Gasteiger partial charge is 0.282 e. The van der Waals surface area contributed by atoms with Crippen LogP contribution < -0.4 is 10.9 Å². The van der Waals surface area contributed by atoms with E-state index in [4.69, 9.17) is 0 Å². The molecular weight excluding hydrogens is 348 g/mol. The van der Waals surface area contributed by atoms with Gasteiger partial charge in [-0.3, -0.25) is 19.7 Å². The number of benzene rings is 2. The highest BCUT2D eigenvalue weighted by Crippen LogP contribution is 2.17. The van der Waals surface area contributed by atoms with Crippen molar-refractivity contribution in [2.24, 2.45) is 0 Å². The Morgan fingerprint density at radius 2 is 1.74 bits per heavy atom. The molecule has 0 aliphatic rings. The fourth-order valence-corrected chi connectivity index (χ4v) is 2.57. The summed E-state index contributed by atoms with van der Waals surface area (Å²) in [5.41, 5.74) is 0.919. The molecule has 0 aliphatic carbocycles. The quantitative estimate of drug-likeness (QED) is 0.533. The number of nitro benzene ring substituents is 1. The number of amides is 1. The first-order valence-electron chi connectivity index (χ1n) is 8.21. The zero-order valence-electron chi connectivity index (χ0n) is 14.2. The molecule has 27 heavy (non-hydrogen) atoms. The van der Waals surface area contributed by atoms with E-state index in [1.807, 2.05) is 30.3 Å². The summed E-state index contributed by atoms with van der Waals surface area (Å²) >= 11 is 0. The van der Waals surface area contributed by atoms with Gasteiger partial charge in [0.25, 0.3) is 17.2 Å². The highest BCUT2D eigenvalue weighted by molar-refractivity contribution is 5.98. The lowest BCUT2D eigenvalue weighted by molar-refractivity contribution is -0.385. The molecule has 0 bridgehead atoms. The number of carbonyl (C=O) groups is 1. The lowest BCUT2D eigenvalue weighted by Gasteiger charge is -2.09. The van der Waals surface area contributed by atoms with Crippen LogP contribution in [-0.4, -0.2) is 27.2 Å². The van der Waals surface area contributed by atoms with E-state index >= 15 is 0 Å². The molecule has 0 saturated heterocycles. The maximum atomic E-state index is 12.2. The molecule has 8 nitrogen and oxygen atoms in total. The average molecular weight is 364 g/mol. The summed E-state index contributed by atoms with van der Waals surface area (Å²) in [6.07, 6.45) is 0. The molecule has 0 fully saturated rings. The molecule has 1 aromatic heterocycles. The van der Waals surface area contributed by atoms with E-state index in [0.29, 0.717) is 5.69 Å². The Balaban J connectivity index is 1.70. The lowest BCUT2D eigenvalue weighted by Crippen LogP contribution is -2.32. The van der Waals surface area contributed by atoms with Crippen molar-refractivity contribution in [3.63, 3.8) is 0 Å². The van der Waals surface area contributed by atoms with Crippen LogP contribution in [0.4, 0.5) is 5.69 Å². The van der Waals surface area contributed by atoms with Crippen LogP contribution in [0, 0.1) is 10.1 Å². The van der Waals surface area contributed by atoms with Crippen molar-refractivity contribution in [2.75, 3.05) is 6.54 Å². The standard InChI is InChI=1S/C19H16N4O4/c24-18-11-10-16(14-6-2-1-3-7-14)21-22(18)13-12-20-19(25)15-8-4-5-9-17(15)23(26)27/h1-11H,12-13H2,(H,20,25). The zero-order valence-corrected chi connectivity index (χ0v) is 14.2. The van der Waals surface area contributed by atoms with Gasteiger partial charge in [-0.25, -0.2) is 4.68 Å². The van der Waals surface area contributed by atoms with Gasteiger partial charge in [0.1, 0.15) is 5.56 Å². The van der Waals surface area contributed by atoms with E-state index in [9.17, 15) is 19.7 Å². The first-order valence-corrected chi connectivity index (χ1v) is 8.21. The van der Waals surface area contributed by atoms with Gasteiger partial charge in [-0.2, -0.15) is 5.10 Å². The van der Waals surface area contributed by atoms with Gasteiger partial charge in [0, 0.05) is 24.2 Å². The SMILES string of the molecule is O=C(NCCn1nc(-c2ccccc2)ccc1=O)c1ccccc1[N+](=O)[O-]. The molecule has 0 spiro atoms. The average Bonchev–Trinajstić information content (AvgIpc) is 2.70. The molecule has 2 aromatic carbocycles. The summed E-state index contributed by atoms with van der Waals surface area (Å²) in [4.78, 5) is 34.6. The van der Waals surface area contributed by atoms with Gasteiger partial charge in [0.15, 0.2) is 0 Å². The number of nitrogens with one attached hydrogen (secondary N) is 1. The van der Waals surface area contributed by atoms with Crippen molar-refractivity contribution in [1.82, 2.24) is 15.1 Å². The number of hydrogen-bond donors (Lipinski definition) is 1. The number of rotatable bonds is 6. The third-order valence-electron chi connectivity index (χ3n) is 3.89. The normalized spacial score (nSPS) is 10.4. The predicted octanol–water partition coefficient (Wildman–Crippen LogP) is 2.25. The maximum Gasteiger partial charge on any atom is 0.282 e. The van der Waals surface area contributed by atoms with Gasteiger partial charge in [-0.15, -0.1) is 0 Å². The topological polar surface area (TPSA) is 107 Å². The van der Waals surface area contributed by atoms with Crippen molar-refractivity contribution in [1.29, 1.82) is 0 Å². The van der Waals surface area contributed by atoms with Crippen LogP contribution in [0.25, 0.3) is 11.3 Å². The van der Waals surface area contributed by atoms with Crippen LogP contribution in [0.2, 0.25) is 0 Å². The third kappa shape index (κ3) is 4.24. The van der Waals surface area contributed by atoms with Crippen molar-refractivity contribution >= 4 is 11.6 Å². The molecule has 1 heterocycles. The van der Waals surface area contributed by atoms with Crippen LogP contribution >= 0.6 is 0 Å². The summed E-state index contributed by atoms with van der Waals surface area (Å²) in [6.45, 7) is 0.252. The van der Waals surface area contributed by atoms with E-state index in [1.165, 1.54) is 28.9 Å². The summed E-state index contributed by atoms with van der Waals surface area (Å²) in [5.74, 6) is -0.574. The Labute approximate surface area is 154 Å². The Kier molecular flexibility index (Phi) is 5.36. The van der Waals surface area contributed by atoms with Gasteiger partial charge < -0.3 is 5.32 Å². The summed E-state index contributed by atoms with van der Waals surface area (Å²) in [6, 6.07) is 18.2. The second-order valence-electron chi connectivity index (χ2n) is 5.68. The fourth-order valence-electron chi connectivity index (χ4n) is 2.57. The third-order valence-corrected chi connectivity index (χ3v) is 3.89. The number of para-hydroxylation sites is 1. The van der Waals surface area contributed by atoms with E-state index < -0.39 is 10.8 Å². The highest BCUT2D eigenvalue weighted by atomic mass is 16.6. The minimum Gasteiger partial charge on any atom is -0.350 e. The Morgan fingerprint density at radius 3 is 2.48 bits per heavy atom. The van der Waals surface area contributed by atoms with Crippen LogP contribution in [0.5, 0.6) is 0 Å². The zero-order chi connectivity index (χ0) is 19.2. The molecule has 136 valence electrons. The summed E-state index contributed by atoms with van der Waals surface area (Å²) < 4.78 is 1.25. The molecular formula is C19H16N4O4. The van der Waals surface area contributed by atoms with Gasteiger partial charge in [0.05, 0.1) is 17.2 Å². The van der Waals surface area contributed by atoms with Crippen LogP contribution in [-0.2, 0) is 6.54 Å². The minimum atomic E-state index is -0.607. The maximum absolute atomic E-state index is 12.2. The van der Waals surface area contributed by atoms with Crippen molar-refractivity contribution in [3.05, 3.63) is 92.8 Å². The second kappa shape index (κ2) is 8.05. The van der Waals surface area contributed by atoms with Crippen LogP contribution in [0.3, 0.4) is 0 Å². The molecule has 0 aliphatic heterocycles. The number of carbonyl (C=O) groups excluding carboxylic acids is 1. The molecule has 1 N–H and O–H groups in total. The summed E-state index contributed by atoms with van der Waals surface area (Å²) in [7, 11) is 0. The number of aromatic nitrogens is 2. The van der Waals surface area contributed by atoms with E-state index in [0.717, 1.165) is 5.56 Å². The van der Waals surface area contributed by atoms with Gasteiger partial charge in [-0.1, -0.05) is 42.5 Å². The minimum absolute atomic E-state index is 0.0270.